The Morgan fingerprint density at radius 3 is 1.17 bits per heavy atom. The average molecular weight is 349 g/mol. The van der Waals surface area contributed by atoms with E-state index in [0.717, 1.165) is 12.8 Å². The Hall–Kier alpha value is -0.710. The largest absolute Gasteiger partial charge is 0.481 e. The molecule has 5 heteroatoms. The van der Waals surface area contributed by atoms with Crippen LogP contribution in [0.4, 0.5) is 0 Å². The quantitative estimate of drug-likeness (QED) is 0.365. The van der Waals surface area contributed by atoms with Gasteiger partial charge in [-0.2, -0.15) is 8.42 Å². The second kappa shape index (κ2) is 23.6. The van der Waals surface area contributed by atoms with Crippen molar-refractivity contribution in [3.8, 4) is 0 Å². The number of carboxylic acid groups (broad SMARTS) is 1. The smallest absolute Gasteiger partial charge is 0.335 e. The van der Waals surface area contributed by atoms with E-state index in [1.54, 1.807) is 0 Å². The SMILES string of the molecule is CCCCCCCCCCCCCCCCCC(=O)O.O=S=O. The first-order valence-electron chi connectivity index (χ1n) is 9.32. The first-order chi connectivity index (χ1) is 11.2. The van der Waals surface area contributed by atoms with E-state index in [0.29, 0.717) is 6.42 Å². The molecule has 0 fully saturated rings. The molecule has 0 heterocycles. The molecule has 4 nitrogen and oxygen atoms in total. The molecular weight excluding hydrogens is 312 g/mol. The van der Waals surface area contributed by atoms with Crippen LogP contribution in [0.3, 0.4) is 0 Å². The van der Waals surface area contributed by atoms with Crippen molar-refractivity contribution in [3.63, 3.8) is 0 Å². The van der Waals surface area contributed by atoms with Crippen LogP contribution in [0.25, 0.3) is 0 Å². The summed E-state index contributed by atoms with van der Waals surface area (Å²) in [6.45, 7) is 2.27. The molecule has 0 rings (SSSR count). The molecule has 0 atom stereocenters. The molecule has 0 saturated heterocycles. The molecule has 0 unspecified atom stereocenters. The Morgan fingerprint density at radius 1 is 0.652 bits per heavy atom. The van der Waals surface area contributed by atoms with Gasteiger partial charge in [-0.15, -0.1) is 0 Å². The van der Waals surface area contributed by atoms with E-state index in [2.05, 4.69) is 6.92 Å². The number of unbranched alkanes of at least 4 members (excludes halogenated alkanes) is 14. The van der Waals surface area contributed by atoms with Crippen molar-refractivity contribution < 1.29 is 18.3 Å². The zero-order valence-electron chi connectivity index (χ0n) is 14.9. The van der Waals surface area contributed by atoms with Gasteiger partial charge in [-0.3, -0.25) is 4.79 Å². The third-order valence-electron chi connectivity index (χ3n) is 3.99. The number of carbonyl (C=O) groups is 1. The number of carboxylic acids is 1. The van der Waals surface area contributed by atoms with Crippen LogP contribution in [0, 0.1) is 0 Å². The summed E-state index contributed by atoms with van der Waals surface area (Å²) in [4.78, 5) is 10.3. The van der Waals surface area contributed by atoms with E-state index in [4.69, 9.17) is 13.5 Å². The summed E-state index contributed by atoms with van der Waals surface area (Å²) in [5.74, 6) is -0.653. The van der Waals surface area contributed by atoms with Crippen LogP contribution in [0.2, 0.25) is 0 Å². The standard InChI is InChI=1S/C18H36O2.O2S/c1-2-3-4-5-6-7-8-9-10-11-12-13-14-15-16-17-18(19)20;1-3-2/h2-17H2,1H3,(H,19,20);. The van der Waals surface area contributed by atoms with E-state index >= 15 is 0 Å². The monoisotopic (exact) mass is 348 g/mol. The predicted octanol–water partition coefficient (Wildman–Crippen LogP) is 5.66. The number of hydrogen-bond donors (Lipinski definition) is 1. The lowest BCUT2D eigenvalue weighted by atomic mass is 10.0. The van der Waals surface area contributed by atoms with E-state index in [1.165, 1.54) is 83.5 Å². The molecule has 0 aromatic carbocycles. The van der Waals surface area contributed by atoms with Gasteiger partial charge < -0.3 is 5.11 Å². The van der Waals surface area contributed by atoms with Crippen LogP contribution in [-0.4, -0.2) is 19.5 Å². The van der Waals surface area contributed by atoms with Crippen molar-refractivity contribution in [3.05, 3.63) is 0 Å². The summed E-state index contributed by atoms with van der Waals surface area (Å²) in [5, 5.41) is 8.52. The summed E-state index contributed by atoms with van der Waals surface area (Å²) in [6, 6.07) is 0. The van der Waals surface area contributed by atoms with E-state index in [9.17, 15) is 4.79 Å². The van der Waals surface area contributed by atoms with Crippen LogP contribution < -0.4 is 0 Å². The van der Waals surface area contributed by atoms with Gasteiger partial charge in [-0.25, -0.2) is 0 Å². The van der Waals surface area contributed by atoms with Crippen LogP contribution in [-0.2, 0) is 16.4 Å². The third-order valence-corrected chi connectivity index (χ3v) is 3.99. The lowest BCUT2D eigenvalue weighted by Crippen LogP contribution is -1.93. The Kier molecular flexibility index (Phi) is 25.1. The molecule has 0 saturated carbocycles. The molecule has 0 aliphatic heterocycles. The molecular formula is C18H36O4S. The van der Waals surface area contributed by atoms with E-state index < -0.39 is 17.5 Å². The zero-order chi connectivity index (χ0) is 17.6. The lowest BCUT2D eigenvalue weighted by Gasteiger charge is -2.03. The van der Waals surface area contributed by atoms with Crippen LogP contribution in [0.15, 0.2) is 0 Å². The highest BCUT2D eigenvalue weighted by molar-refractivity contribution is 7.51. The van der Waals surface area contributed by atoms with Crippen molar-refractivity contribution in [1.29, 1.82) is 0 Å². The first-order valence-corrected chi connectivity index (χ1v) is 9.99. The van der Waals surface area contributed by atoms with E-state index in [1.807, 2.05) is 0 Å². The number of hydrogen-bond acceptors (Lipinski definition) is 3. The molecule has 0 aromatic rings. The number of aliphatic carboxylic acids is 1. The van der Waals surface area contributed by atoms with Crippen molar-refractivity contribution in [2.45, 2.75) is 110 Å². The first kappa shape index (κ1) is 24.5. The van der Waals surface area contributed by atoms with Gasteiger partial charge in [0, 0.05) is 6.42 Å². The molecule has 0 spiro atoms. The van der Waals surface area contributed by atoms with Crippen LogP contribution in [0.1, 0.15) is 110 Å². The second-order valence-electron chi connectivity index (χ2n) is 6.16. The minimum Gasteiger partial charge on any atom is -0.481 e. The van der Waals surface area contributed by atoms with Gasteiger partial charge >= 0.3 is 17.5 Å². The Labute approximate surface area is 146 Å². The minimum atomic E-state index is -0.750. The lowest BCUT2D eigenvalue weighted by molar-refractivity contribution is -0.137. The topological polar surface area (TPSA) is 71.4 Å². The summed E-state index contributed by atoms with van der Waals surface area (Å²) in [6.07, 6.45) is 20.2. The van der Waals surface area contributed by atoms with Crippen molar-refractivity contribution >= 4 is 17.5 Å². The molecule has 0 radical (unpaired) electrons. The van der Waals surface area contributed by atoms with Crippen LogP contribution in [0.5, 0.6) is 0 Å². The maximum Gasteiger partial charge on any atom is 0.335 e. The maximum atomic E-state index is 10.3. The molecule has 0 bridgehead atoms. The number of rotatable bonds is 16. The third kappa shape index (κ3) is 29.9. The van der Waals surface area contributed by atoms with Gasteiger partial charge in [-0.1, -0.05) is 96.8 Å². The second-order valence-corrected chi connectivity index (χ2v) is 6.30. The summed E-state index contributed by atoms with van der Waals surface area (Å²) in [7, 11) is 0. The van der Waals surface area contributed by atoms with Gasteiger partial charge in [0.1, 0.15) is 0 Å². The average Bonchev–Trinajstić information content (AvgIpc) is 2.51. The van der Waals surface area contributed by atoms with Crippen molar-refractivity contribution in [2.75, 3.05) is 0 Å². The van der Waals surface area contributed by atoms with Crippen molar-refractivity contribution in [2.24, 2.45) is 0 Å². The Morgan fingerprint density at radius 2 is 0.913 bits per heavy atom. The summed E-state index contributed by atoms with van der Waals surface area (Å²) < 4.78 is 16.6. The molecule has 0 amide bonds. The highest BCUT2D eigenvalue weighted by Crippen LogP contribution is 2.13. The molecule has 0 aromatic heterocycles. The van der Waals surface area contributed by atoms with Crippen LogP contribution >= 0.6 is 0 Å². The molecule has 138 valence electrons. The summed E-state index contributed by atoms with van der Waals surface area (Å²) in [5.41, 5.74) is 0. The predicted molar refractivity (Wildman–Crippen MR) is 96.1 cm³/mol. The molecule has 0 aliphatic carbocycles. The van der Waals surface area contributed by atoms with E-state index in [-0.39, 0.29) is 0 Å². The zero-order valence-corrected chi connectivity index (χ0v) is 15.7. The molecule has 0 aliphatic rings. The summed E-state index contributed by atoms with van der Waals surface area (Å²) >= 11 is -0.750. The molecule has 1 N–H and O–H groups in total. The fraction of sp³-hybridized carbons (Fsp3) is 0.944. The van der Waals surface area contributed by atoms with Gasteiger partial charge in [0.05, 0.1) is 0 Å². The fourth-order valence-corrected chi connectivity index (χ4v) is 2.65. The molecule has 23 heavy (non-hydrogen) atoms. The highest BCUT2D eigenvalue weighted by Gasteiger charge is 1.97. The fourth-order valence-electron chi connectivity index (χ4n) is 2.65. The maximum absolute atomic E-state index is 10.3. The minimum absolute atomic E-state index is 0.345. The van der Waals surface area contributed by atoms with Gasteiger partial charge in [0.15, 0.2) is 0 Å². The van der Waals surface area contributed by atoms with Gasteiger partial charge in [0.25, 0.3) is 0 Å². The normalized spacial score (nSPS) is 9.96. The Bertz CT molecular complexity index is 276. The van der Waals surface area contributed by atoms with Crippen molar-refractivity contribution in [1.82, 2.24) is 0 Å². The van der Waals surface area contributed by atoms with Gasteiger partial charge in [-0.05, 0) is 6.42 Å². The Balaban J connectivity index is 0. The van der Waals surface area contributed by atoms with Gasteiger partial charge in [0.2, 0.25) is 0 Å². The highest BCUT2D eigenvalue weighted by atomic mass is 32.1.